The van der Waals surface area contributed by atoms with Crippen molar-refractivity contribution >= 4 is 17.4 Å². The predicted molar refractivity (Wildman–Crippen MR) is 78.8 cm³/mol. The van der Waals surface area contributed by atoms with E-state index in [1.54, 1.807) is 0 Å². The molecule has 2 aromatic rings. The van der Waals surface area contributed by atoms with Gasteiger partial charge in [-0.1, -0.05) is 18.3 Å². The normalized spacial score (nSPS) is 10.7. The number of ether oxygens (including phenoxy) is 1. The van der Waals surface area contributed by atoms with E-state index >= 15 is 0 Å². The van der Waals surface area contributed by atoms with Crippen LogP contribution in [0.25, 0.3) is 0 Å². The standard InChI is InChI=1S/C13H16N4O3S/c1-7(2)12-11(21-17-16-12)6-15-13(19)8-4-9(18)10(20-3)5-14-8/h4-5,7H,6H2,1-3H3,(H,14,18)(H,15,19). The van der Waals surface area contributed by atoms with Crippen LogP contribution in [0, 0.1) is 0 Å². The molecular formula is C13H16N4O3S. The van der Waals surface area contributed by atoms with Gasteiger partial charge in [0, 0.05) is 12.3 Å². The van der Waals surface area contributed by atoms with Gasteiger partial charge in [-0.15, -0.1) is 5.10 Å². The molecule has 2 heterocycles. The topological polar surface area (TPSA) is 97.0 Å². The van der Waals surface area contributed by atoms with E-state index in [-0.39, 0.29) is 28.7 Å². The quantitative estimate of drug-likeness (QED) is 0.867. The summed E-state index contributed by atoms with van der Waals surface area (Å²) in [5.41, 5.74) is 0.719. The van der Waals surface area contributed by atoms with Gasteiger partial charge in [0.2, 0.25) is 5.43 Å². The van der Waals surface area contributed by atoms with Crippen molar-refractivity contribution in [2.45, 2.75) is 26.3 Å². The highest BCUT2D eigenvalue weighted by molar-refractivity contribution is 7.05. The molecule has 2 N–H and O–H groups in total. The van der Waals surface area contributed by atoms with E-state index in [0.29, 0.717) is 6.54 Å². The molecule has 0 aliphatic rings. The van der Waals surface area contributed by atoms with Crippen LogP contribution >= 0.6 is 11.5 Å². The Morgan fingerprint density at radius 1 is 1.52 bits per heavy atom. The molecule has 112 valence electrons. The number of carbonyl (C=O) groups excluding carboxylic acids is 1. The summed E-state index contributed by atoms with van der Waals surface area (Å²) in [7, 11) is 1.40. The molecule has 0 unspecified atom stereocenters. The highest BCUT2D eigenvalue weighted by Crippen LogP contribution is 2.19. The number of aromatic amines is 1. The van der Waals surface area contributed by atoms with Gasteiger partial charge in [-0.05, 0) is 17.5 Å². The number of carbonyl (C=O) groups is 1. The zero-order chi connectivity index (χ0) is 15.4. The molecule has 0 saturated heterocycles. The molecule has 0 fully saturated rings. The summed E-state index contributed by atoms with van der Waals surface area (Å²) >= 11 is 1.26. The molecule has 0 atom stereocenters. The number of nitrogens with one attached hydrogen (secondary N) is 2. The van der Waals surface area contributed by atoms with Gasteiger partial charge in [0.25, 0.3) is 5.91 Å². The smallest absolute Gasteiger partial charge is 0.268 e. The Labute approximate surface area is 125 Å². The Balaban J connectivity index is 2.06. The number of rotatable bonds is 5. The second-order valence-corrected chi connectivity index (χ2v) is 5.54. The Bertz CT molecular complexity index is 693. The van der Waals surface area contributed by atoms with Crippen molar-refractivity contribution in [2.24, 2.45) is 0 Å². The molecule has 0 bridgehead atoms. The lowest BCUT2D eigenvalue weighted by Gasteiger charge is -2.07. The summed E-state index contributed by atoms with van der Waals surface area (Å²) in [6, 6.07) is 1.21. The van der Waals surface area contributed by atoms with Gasteiger partial charge < -0.3 is 15.0 Å². The molecule has 0 aliphatic heterocycles. The Kier molecular flexibility index (Phi) is 4.69. The molecular weight excluding hydrogens is 292 g/mol. The maximum Gasteiger partial charge on any atom is 0.268 e. The summed E-state index contributed by atoms with van der Waals surface area (Å²) < 4.78 is 8.75. The number of pyridine rings is 1. The first-order valence-electron chi connectivity index (χ1n) is 6.39. The van der Waals surface area contributed by atoms with Crippen LogP contribution in [0.2, 0.25) is 0 Å². The minimum absolute atomic E-state index is 0.167. The van der Waals surface area contributed by atoms with Crippen LogP contribution in [-0.2, 0) is 6.54 Å². The first-order chi connectivity index (χ1) is 10.0. The van der Waals surface area contributed by atoms with E-state index in [1.807, 2.05) is 13.8 Å². The van der Waals surface area contributed by atoms with Gasteiger partial charge in [0.15, 0.2) is 5.75 Å². The Morgan fingerprint density at radius 3 is 2.90 bits per heavy atom. The summed E-state index contributed by atoms with van der Waals surface area (Å²) in [4.78, 5) is 27.3. The fraction of sp³-hybridized carbons (Fsp3) is 0.385. The molecule has 21 heavy (non-hydrogen) atoms. The van der Waals surface area contributed by atoms with Gasteiger partial charge in [0.05, 0.1) is 24.2 Å². The lowest BCUT2D eigenvalue weighted by Crippen LogP contribution is -2.25. The van der Waals surface area contributed by atoms with E-state index in [1.165, 1.54) is 30.9 Å². The fourth-order valence-electron chi connectivity index (χ4n) is 1.78. The summed E-state index contributed by atoms with van der Waals surface area (Å²) in [5, 5.41) is 6.79. The van der Waals surface area contributed by atoms with E-state index in [4.69, 9.17) is 4.74 Å². The van der Waals surface area contributed by atoms with Crippen molar-refractivity contribution in [3.8, 4) is 5.75 Å². The monoisotopic (exact) mass is 308 g/mol. The second-order valence-electron chi connectivity index (χ2n) is 4.70. The SMILES string of the molecule is COc1c[nH]c(C(=O)NCc2snnc2C(C)C)cc1=O. The lowest BCUT2D eigenvalue weighted by molar-refractivity contribution is 0.0946. The first kappa shape index (κ1) is 15.2. The largest absolute Gasteiger partial charge is 0.491 e. The number of hydrogen-bond acceptors (Lipinski definition) is 6. The third kappa shape index (κ3) is 3.46. The highest BCUT2D eigenvalue weighted by Gasteiger charge is 2.14. The van der Waals surface area contributed by atoms with E-state index in [9.17, 15) is 9.59 Å². The van der Waals surface area contributed by atoms with Crippen molar-refractivity contribution in [1.29, 1.82) is 0 Å². The number of hydrogen-bond donors (Lipinski definition) is 2. The maximum atomic E-state index is 12.0. The molecule has 2 aromatic heterocycles. The first-order valence-corrected chi connectivity index (χ1v) is 7.16. The third-order valence-electron chi connectivity index (χ3n) is 2.88. The molecule has 0 spiro atoms. The Morgan fingerprint density at radius 2 is 2.29 bits per heavy atom. The number of amides is 1. The molecule has 0 saturated carbocycles. The average Bonchev–Trinajstić information content (AvgIpc) is 2.93. The van der Waals surface area contributed by atoms with Crippen LogP contribution in [0.1, 0.15) is 40.8 Å². The van der Waals surface area contributed by atoms with E-state index in [0.717, 1.165) is 10.6 Å². The number of aromatic nitrogens is 3. The number of methoxy groups -OCH3 is 1. The summed E-state index contributed by atoms with van der Waals surface area (Å²) in [6.07, 6.45) is 1.37. The van der Waals surface area contributed by atoms with Crippen LogP contribution in [0.3, 0.4) is 0 Å². The molecule has 1 amide bonds. The molecule has 0 radical (unpaired) electrons. The number of H-pyrrole nitrogens is 1. The maximum absolute atomic E-state index is 12.0. The van der Waals surface area contributed by atoms with E-state index in [2.05, 4.69) is 19.9 Å². The van der Waals surface area contributed by atoms with Crippen LogP contribution in [0.5, 0.6) is 5.75 Å². The van der Waals surface area contributed by atoms with Crippen LogP contribution in [-0.4, -0.2) is 27.6 Å². The summed E-state index contributed by atoms with van der Waals surface area (Å²) in [5.74, 6) is 0.0506. The van der Waals surface area contributed by atoms with Crippen molar-refractivity contribution in [1.82, 2.24) is 19.9 Å². The molecule has 8 heteroatoms. The zero-order valence-corrected chi connectivity index (χ0v) is 12.8. The lowest BCUT2D eigenvalue weighted by atomic mass is 10.1. The van der Waals surface area contributed by atoms with Gasteiger partial charge in [0.1, 0.15) is 5.69 Å². The Hall–Kier alpha value is -2.22. The van der Waals surface area contributed by atoms with Crippen LogP contribution < -0.4 is 15.5 Å². The van der Waals surface area contributed by atoms with Crippen LogP contribution in [0.4, 0.5) is 0 Å². The summed E-state index contributed by atoms with van der Waals surface area (Å²) in [6.45, 7) is 4.37. The predicted octanol–water partition coefficient (Wildman–Crippen LogP) is 1.29. The van der Waals surface area contributed by atoms with Crippen molar-refractivity contribution in [3.05, 3.63) is 38.8 Å². The highest BCUT2D eigenvalue weighted by atomic mass is 32.1. The second kappa shape index (κ2) is 6.49. The van der Waals surface area contributed by atoms with Gasteiger partial charge in [-0.3, -0.25) is 9.59 Å². The molecule has 0 aliphatic carbocycles. The van der Waals surface area contributed by atoms with Crippen molar-refractivity contribution < 1.29 is 9.53 Å². The third-order valence-corrected chi connectivity index (χ3v) is 3.62. The zero-order valence-electron chi connectivity index (χ0n) is 12.0. The fourth-order valence-corrected chi connectivity index (χ4v) is 2.52. The van der Waals surface area contributed by atoms with Gasteiger partial charge in [-0.25, -0.2) is 0 Å². The van der Waals surface area contributed by atoms with Gasteiger partial charge >= 0.3 is 0 Å². The minimum Gasteiger partial charge on any atom is -0.491 e. The van der Waals surface area contributed by atoms with Crippen LogP contribution in [0.15, 0.2) is 17.1 Å². The van der Waals surface area contributed by atoms with E-state index < -0.39 is 0 Å². The van der Waals surface area contributed by atoms with Crippen molar-refractivity contribution in [2.75, 3.05) is 7.11 Å². The average molecular weight is 308 g/mol. The van der Waals surface area contributed by atoms with Gasteiger partial charge in [-0.2, -0.15) is 0 Å². The van der Waals surface area contributed by atoms with Crippen molar-refractivity contribution in [3.63, 3.8) is 0 Å². The number of nitrogens with zero attached hydrogens (tertiary/aromatic N) is 2. The molecule has 0 aromatic carbocycles. The molecule has 2 rings (SSSR count). The molecule has 7 nitrogen and oxygen atoms in total. The minimum atomic E-state index is -0.363.